The first-order valence-corrected chi connectivity index (χ1v) is 12.5. The maximum atomic E-state index is 12.9. The van der Waals surface area contributed by atoms with Gasteiger partial charge in [-0.05, 0) is 22.7 Å². The second kappa shape index (κ2) is 8.84. The van der Waals surface area contributed by atoms with E-state index in [1.54, 1.807) is 39.4 Å². The fraction of sp³-hybridized carbons (Fsp3) is 0.250. The summed E-state index contributed by atoms with van der Waals surface area (Å²) in [5, 5.41) is 18.5. The summed E-state index contributed by atoms with van der Waals surface area (Å²) in [4.78, 5) is 15.9. The SMILES string of the molecule is O=C(c1ccn(Cn2nnc(-c3ccccc3)n2)n1)N1CCN(S(=O)(=O)c2cccs2)CC1. The molecule has 0 radical (unpaired) electrons. The number of aromatic nitrogens is 6. The Morgan fingerprint density at radius 3 is 2.48 bits per heavy atom. The van der Waals surface area contributed by atoms with Crippen LogP contribution in [-0.4, -0.2) is 79.7 Å². The Balaban J connectivity index is 1.20. The molecule has 0 spiro atoms. The molecule has 1 aliphatic heterocycles. The van der Waals surface area contributed by atoms with Gasteiger partial charge in [-0.3, -0.25) is 4.79 Å². The first-order valence-electron chi connectivity index (χ1n) is 10.2. The van der Waals surface area contributed by atoms with E-state index in [4.69, 9.17) is 0 Å². The van der Waals surface area contributed by atoms with Crippen LogP contribution in [0.25, 0.3) is 11.4 Å². The van der Waals surface area contributed by atoms with E-state index in [-0.39, 0.29) is 31.4 Å². The number of amides is 1. The first kappa shape index (κ1) is 21.4. The standard InChI is InChI=1S/C20H20N8O3S2/c29-20(25-10-12-27(13-11-25)33(30,31)18-7-4-14-32-18)17-8-9-26(22-17)15-28-23-19(21-24-28)16-5-2-1-3-6-16/h1-9,14H,10-13,15H2. The molecule has 1 amide bonds. The van der Waals surface area contributed by atoms with Crippen molar-refractivity contribution in [1.82, 2.24) is 39.2 Å². The summed E-state index contributed by atoms with van der Waals surface area (Å²) in [5.41, 5.74) is 1.15. The zero-order valence-corrected chi connectivity index (χ0v) is 19.1. The first-order chi connectivity index (χ1) is 16.0. The van der Waals surface area contributed by atoms with Crippen molar-refractivity contribution in [3.63, 3.8) is 0 Å². The summed E-state index contributed by atoms with van der Waals surface area (Å²) >= 11 is 1.19. The Morgan fingerprint density at radius 1 is 0.970 bits per heavy atom. The fourth-order valence-corrected chi connectivity index (χ4v) is 6.09. The van der Waals surface area contributed by atoms with Gasteiger partial charge in [-0.1, -0.05) is 36.4 Å². The van der Waals surface area contributed by atoms with Crippen LogP contribution in [0.5, 0.6) is 0 Å². The minimum atomic E-state index is -3.51. The zero-order valence-electron chi connectivity index (χ0n) is 17.4. The summed E-state index contributed by atoms with van der Waals surface area (Å²) in [6.45, 7) is 1.32. The third-order valence-electron chi connectivity index (χ3n) is 5.23. The number of rotatable bonds is 6. The highest BCUT2D eigenvalue weighted by Gasteiger charge is 2.31. The molecule has 0 atom stereocenters. The summed E-state index contributed by atoms with van der Waals surface area (Å²) in [5.74, 6) is 0.271. The van der Waals surface area contributed by atoms with Crippen molar-refractivity contribution >= 4 is 27.3 Å². The highest BCUT2D eigenvalue weighted by Crippen LogP contribution is 2.22. The van der Waals surface area contributed by atoms with Crippen molar-refractivity contribution in [2.75, 3.05) is 26.2 Å². The van der Waals surface area contributed by atoms with Crippen LogP contribution in [0.15, 0.2) is 64.3 Å². The summed E-state index contributed by atoms with van der Waals surface area (Å²) < 4.78 is 28.6. The van der Waals surface area contributed by atoms with E-state index in [0.717, 1.165) is 5.56 Å². The lowest BCUT2D eigenvalue weighted by atomic mass is 10.2. The molecule has 1 saturated heterocycles. The number of benzene rings is 1. The highest BCUT2D eigenvalue weighted by molar-refractivity contribution is 7.91. The number of hydrogen-bond acceptors (Lipinski definition) is 8. The second-order valence-corrected chi connectivity index (χ2v) is 10.5. The van der Waals surface area contributed by atoms with Gasteiger partial charge in [0.15, 0.2) is 6.67 Å². The van der Waals surface area contributed by atoms with E-state index < -0.39 is 10.0 Å². The van der Waals surface area contributed by atoms with Crippen molar-refractivity contribution in [3.8, 4) is 11.4 Å². The molecule has 1 fully saturated rings. The smallest absolute Gasteiger partial charge is 0.274 e. The number of piperazine rings is 1. The van der Waals surface area contributed by atoms with Gasteiger partial charge in [-0.2, -0.15) is 9.40 Å². The summed E-state index contributed by atoms with van der Waals surface area (Å²) in [7, 11) is -3.51. The highest BCUT2D eigenvalue weighted by atomic mass is 32.2. The number of hydrogen-bond donors (Lipinski definition) is 0. The molecule has 5 rings (SSSR count). The van der Waals surface area contributed by atoms with Crippen LogP contribution in [0.2, 0.25) is 0 Å². The summed E-state index contributed by atoms with van der Waals surface area (Å²) in [6, 6.07) is 14.5. The number of carbonyl (C=O) groups is 1. The lowest BCUT2D eigenvalue weighted by Gasteiger charge is -2.33. The molecule has 0 unspecified atom stereocenters. The van der Waals surface area contributed by atoms with Crippen LogP contribution < -0.4 is 0 Å². The molecule has 4 aromatic rings. The van der Waals surface area contributed by atoms with Gasteiger partial charge in [0.2, 0.25) is 5.82 Å². The molecule has 4 heterocycles. The van der Waals surface area contributed by atoms with E-state index in [1.165, 1.54) is 20.4 Å². The molecular weight excluding hydrogens is 464 g/mol. The lowest BCUT2D eigenvalue weighted by Crippen LogP contribution is -2.50. The van der Waals surface area contributed by atoms with Gasteiger partial charge in [0, 0.05) is 37.9 Å². The van der Waals surface area contributed by atoms with E-state index in [2.05, 4.69) is 20.5 Å². The van der Waals surface area contributed by atoms with Crippen LogP contribution in [-0.2, 0) is 16.7 Å². The number of thiophene rings is 1. The molecule has 33 heavy (non-hydrogen) atoms. The number of sulfonamides is 1. The minimum absolute atomic E-state index is 0.208. The Morgan fingerprint density at radius 2 is 1.76 bits per heavy atom. The molecule has 0 saturated carbocycles. The largest absolute Gasteiger partial charge is 0.335 e. The molecule has 170 valence electrons. The molecule has 11 nitrogen and oxygen atoms in total. The van der Waals surface area contributed by atoms with Crippen LogP contribution in [0.4, 0.5) is 0 Å². The Bertz CT molecular complexity index is 1340. The van der Waals surface area contributed by atoms with Gasteiger partial charge < -0.3 is 4.90 Å². The van der Waals surface area contributed by atoms with Gasteiger partial charge in [-0.25, -0.2) is 13.1 Å². The van der Waals surface area contributed by atoms with Gasteiger partial charge in [0.1, 0.15) is 9.90 Å². The predicted molar refractivity (Wildman–Crippen MR) is 120 cm³/mol. The van der Waals surface area contributed by atoms with E-state index in [0.29, 0.717) is 23.1 Å². The predicted octanol–water partition coefficient (Wildman–Crippen LogP) is 1.25. The van der Waals surface area contributed by atoms with Crippen LogP contribution in [0, 0.1) is 0 Å². The molecule has 0 aliphatic carbocycles. The summed E-state index contributed by atoms with van der Waals surface area (Å²) in [6.07, 6.45) is 1.68. The molecule has 3 aromatic heterocycles. The lowest BCUT2D eigenvalue weighted by molar-refractivity contribution is 0.0691. The fourth-order valence-electron chi connectivity index (χ4n) is 3.52. The molecule has 1 aliphatic rings. The van der Waals surface area contributed by atoms with Crippen molar-refractivity contribution in [2.24, 2.45) is 0 Å². The van der Waals surface area contributed by atoms with Gasteiger partial charge in [-0.15, -0.1) is 26.3 Å². The van der Waals surface area contributed by atoms with Gasteiger partial charge in [0.25, 0.3) is 15.9 Å². The normalized spacial score (nSPS) is 15.1. The third kappa shape index (κ3) is 4.42. The third-order valence-corrected chi connectivity index (χ3v) is 8.50. The van der Waals surface area contributed by atoms with Crippen LogP contribution in [0.3, 0.4) is 0 Å². The van der Waals surface area contributed by atoms with Crippen molar-refractivity contribution < 1.29 is 13.2 Å². The maximum absolute atomic E-state index is 12.9. The monoisotopic (exact) mass is 484 g/mol. The quantitative estimate of drug-likeness (QED) is 0.404. The molecular formula is C20H20N8O3S2. The molecule has 0 N–H and O–H groups in total. The van der Waals surface area contributed by atoms with Crippen molar-refractivity contribution in [2.45, 2.75) is 10.9 Å². The second-order valence-electron chi connectivity index (χ2n) is 7.36. The van der Waals surface area contributed by atoms with E-state index in [1.807, 2.05) is 30.3 Å². The van der Waals surface area contributed by atoms with E-state index >= 15 is 0 Å². The maximum Gasteiger partial charge on any atom is 0.274 e. The van der Waals surface area contributed by atoms with Crippen molar-refractivity contribution in [3.05, 3.63) is 65.8 Å². The zero-order chi connectivity index (χ0) is 22.8. The Labute approximate surface area is 193 Å². The number of carbonyl (C=O) groups excluding carboxylic acids is 1. The Hall–Kier alpha value is -3.42. The molecule has 13 heteroatoms. The van der Waals surface area contributed by atoms with E-state index in [9.17, 15) is 13.2 Å². The number of tetrazole rings is 1. The van der Waals surface area contributed by atoms with Gasteiger partial charge >= 0.3 is 0 Å². The minimum Gasteiger partial charge on any atom is -0.335 e. The molecule has 1 aromatic carbocycles. The average molecular weight is 485 g/mol. The van der Waals surface area contributed by atoms with Crippen molar-refractivity contribution in [1.29, 1.82) is 0 Å². The average Bonchev–Trinajstić information content (AvgIpc) is 3.62. The Kier molecular flexibility index (Phi) is 5.74. The molecule has 0 bridgehead atoms. The topological polar surface area (TPSA) is 119 Å². The number of nitrogens with zero attached hydrogens (tertiary/aromatic N) is 8. The van der Waals surface area contributed by atoms with Gasteiger partial charge in [0.05, 0.1) is 0 Å². The van der Waals surface area contributed by atoms with Crippen LogP contribution >= 0.6 is 11.3 Å². The van der Waals surface area contributed by atoms with Crippen LogP contribution in [0.1, 0.15) is 10.5 Å².